The minimum atomic E-state index is -0.656. The zero-order chi connectivity index (χ0) is 15.4. The fraction of sp³-hybridized carbons (Fsp3) is 0.286. The zero-order valence-corrected chi connectivity index (χ0v) is 11.9. The molecular weight excluding hydrogens is 270 g/mol. The lowest BCUT2D eigenvalue weighted by Crippen LogP contribution is -2.30. The maximum absolute atomic E-state index is 12.0. The first kappa shape index (κ1) is 14.7. The molecule has 0 saturated heterocycles. The molecule has 1 atom stereocenters. The monoisotopic (exact) mass is 287 g/mol. The van der Waals surface area contributed by atoms with E-state index in [9.17, 15) is 9.59 Å². The second-order valence-corrected chi connectivity index (χ2v) is 4.75. The molecule has 1 aromatic heterocycles. The molecule has 7 nitrogen and oxygen atoms in total. The van der Waals surface area contributed by atoms with Crippen molar-refractivity contribution in [3.05, 3.63) is 47.3 Å². The summed E-state index contributed by atoms with van der Waals surface area (Å²) in [7, 11) is 0. The van der Waals surface area contributed by atoms with E-state index in [1.807, 2.05) is 37.3 Å². The second-order valence-electron chi connectivity index (χ2n) is 4.75. The molecule has 3 N–H and O–H groups in total. The number of carbonyl (C=O) groups excluding carboxylic acids is 2. The van der Waals surface area contributed by atoms with Crippen molar-refractivity contribution < 1.29 is 9.59 Å². The van der Waals surface area contributed by atoms with Crippen molar-refractivity contribution in [1.82, 2.24) is 20.3 Å². The van der Waals surface area contributed by atoms with Crippen LogP contribution in [0.25, 0.3) is 0 Å². The fourth-order valence-electron chi connectivity index (χ4n) is 1.99. The third kappa shape index (κ3) is 3.44. The van der Waals surface area contributed by atoms with Gasteiger partial charge < -0.3 is 11.1 Å². The summed E-state index contributed by atoms with van der Waals surface area (Å²) < 4.78 is 1.35. The van der Waals surface area contributed by atoms with Crippen LogP contribution in [0.4, 0.5) is 0 Å². The number of nitrogens with zero attached hydrogens (tertiary/aromatic N) is 3. The molecule has 0 fully saturated rings. The third-order valence-corrected chi connectivity index (χ3v) is 3.19. The molecule has 0 aliphatic heterocycles. The zero-order valence-electron chi connectivity index (χ0n) is 11.9. The Hall–Kier alpha value is -2.70. The molecule has 1 heterocycles. The van der Waals surface area contributed by atoms with E-state index in [2.05, 4.69) is 15.6 Å². The molecule has 21 heavy (non-hydrogen) atoms. The van der Waals surface area contributed by atoms with Gasteiger partial charge in [0.25, 0.3) is 5.91 Å². The maximum atomic E-state index is 12.0. The molecule has 0 bridgehead atoms. The highest BCUT2D eigenvalue weighted by molar-refractivity contribution is 5.91. The van der Waals surface area contributed by atoms with Gasteiger partial charge in [-0.2, -0.15) is 0 Å². The first-order chi connectivity index (χ1) is 9.99. The number of hydrogen-bond donors (Lipinski definition) is 2. The summed E-state index contributed by atoms with van der Waals surface area (Å²) in [5, 5.41) is 10.3. The SMILES string of the molecule is Cc1c(C(N)=O)nnn1CC(=O)NC(C)c1ccccc1. The molecule has 0 aliphatic carbocycles. The van der Waals surface area contributed by atoms with E-state index in [1.165, 1.54) is 4.68 Å². The van der Waals surface area contributed by atoms with Crippen LogP contribution >= 0.6 is 0 Å². The highest BCUT2D eigenvalue weighted by atomic mass is 16.2. The standard InChI is InChI=1S/C14H17N5O2/c1-9(11-6-4-3-5-7-11)16-12(20)8-19-10(2)13(14(15)21)17-18-19/h3-7,9H,8H2,1-2H3,(H2,15,21)(H,16,20). The Morgan fingerprint density at radius 1 is 1.33 bits per heavy atom. The minimum Gasteiger partial charge on any atom is -0.364 e. The van der Waals surface area contributed by atoms with Gasteiger partial charge in [-0.15, -0.1) is 5.10 Å². The van der Waals surface area contributed by atoms with Crippen LogP contribution in [0.1, 0.15) is 34.7 Å². The maximum Gasteiger partial charge on any atom is 0.271 e. The third-order valence-electron chi connectivity index (χ3n) is 3.19. The van der Waals surface area contributed by atoms with Crippen molar-refractivity contribution in [1.29, 1.82) is 0 Å². The average molecular weight is 287 g/mol. The number of carbonyl (C=O) groups is 2. The molecule has 0 spiro atoms. The lowest BCUT2D eigenvalue weighted by Gasteiger charge is -2.14. The van der Waals surface area contributed by atoms with E-state index in [4.69, 9.17) is 5.73 Å². The number of nitrogens with one attached hydrogen (secondary N) is 1. The lowest BCUT2D eigenvalue weighted by atomic mass is 10.1. The second kappa shape index (κ2) is 6.17. The Balaban J connectivity index is 2.01. The van der Waals surface area contributed by atoms with Crippen LogP contribution in [0, 0.1) is 6.92 Å². The van der Waals surface area contributed by atoms with E-state index in [-0.39, 0.29) is 24.2 Å². The van der Waals surface area contributed by atoms with Crippen LogP contribution in [0.3, 0.4) is 0 Å². The summed E-state index contributed by atoms with van der Waals surface area (Å²) in [6.45, 7) is 3.54. The van der Waals surface area contributed by atoms with Crippen LogP contribution in [-0.2, 0) is 11.3 Å². The number of primary amides is 1. The smallest absolute Gasteiger partial charge is 0.271 e. The molecule has 7 heteroatoms. The van der Waals surface area contributed by atoms with Gasteiger partial charge in [0.15, 0.2) is 5.69 Å². The van der Waals surface area contributed by atoms with Crippen molar-refractivity contribution in [3.8, 4) is 0 Å². The molecule has 0 radical (unpaired) electrons. The van der Waals surface area contributed by atoms with E-state index in [1.54, 1.807) is 6.92 Å². The van der Waals surface area contributed by atoms with Gasteiger partial charge in [0.1, 0.15) is 6.54 Å². The van der Waals surface area contributed by atoms with Gasteiger partial charge in [-0.25, -0.2) is 4.68 Å². The lowest BCUT2D eigenvalue weighted by molar-refractivity contribution is -0.122. The van der Waals surface area contributed by atoms with Crippen molar-refractivity contribution in [2.24, 2.45) is 5.73 Å². The predicted molar refractivity (Wildman–Crippen MR) is 76.3 cm³/mol. The first-order valence-electron chi connectivity index (χ1n) is 6.53. The van der Waals surface area contributed by atoms with Gasteiger partial charge in [-0.3, -0.25) is 9.59 Å². The first-order valence-corrected chi connectivity index (χ1v) is 6.53. The van der Waals surface area contributed by atoms with Crippen LogP contribution < -0.4 is 11.1 Å². The molecular formula is C14H17N5O2. The van der Waals surface area contributed by atoms with Crippen LogP contribution in [0.5, 0.6) is 0 Å². The fourth-order valence-corrected chi connectivity index (χ4v) is 1.99. The van der Waals surface area contributed by atoms with Crippen LogP contribution in [0.2, 0.25) is 0 Å². The van der Waals surface area contributed by atoms with Gasteiger partial charge in [0.05, 0.1) is 11.7 Å². The Labute approximate surface area is 122 Å². The predicted octanol–water partition coefficient (Wildman–Crippen LogP) is 0.563. The van der Waals surface area contributed by atoms with E-state index in [0.29, 0.717) is 5.69 Å². The van der Waals surface area contributed by atoms with Crippen molar-refractivity contribution in [2.45, 2.75) is 26.4 Å². The quantitative estimate of drug-likeness (QED) is 0.838. The molecule has 110 valence electrons. The summed E-state index contributed by atoms with van der Waals surface area (Å²) in [4.78, 5) is 23.1. The van der Waals surface area contributed by atoms with Gasteiger partial charge in [0.2, 0.25) is 5.91 Å². The number of aromatic nitrogens is 3. The Morgan fingerprint density at radius 3 is 2.57 bits per heavy atom. The van der Waals surface area contributed by atoms with Crippen molar-refractivity contribution in [2.75, 3.05) is 0 Å². The Bertz CT molecular complexity index is 651. The van der Waals surface area contributed by atoms with Gasteiger partial charge >= 0.3 is 0 Å². The number of rotatable bonds is 5. The summed E-state index contributed by atoms with van der Waals surface area (Å²) in [5.74, 6) is -0.868. The topological polar surface area (TPSA) is 103 Å². The average Bonchev–Trinajstić information content (AvgIpc) is 2.81. The molecule has 1 unspecified atom stereocenters. The summed E-state index contributed by atoms with van der Waals surface area (Å²) in [6, 6.07) is 9.52. The van der Waals surface area contributed by atoms with Gasteiger partial charge in [0, 0.05) is 0 Å². The molecule has 2 aromatic rings. The molecule has 0 aliphatic rings. The van der Waals surface area contributed by atoms with Gasteiger partial charge in [-0.1, -0.05) is 35.5 Å². The minimum absolute atomic E-state index is 0.0106. The molecule has 2 amide bonds. The molecule has 0 saturated carbocycles. The summed E-state index contributed by atoms with van der Waals surface area (Å²) in [5.41, 5.74) is 6.73. The molecule has 1 aromatic carbocycles. The van der Waals surface area contributed by atoms with Crippen molar-refractivity contribution >= 4 is 11.8 Å². The van der Waals surface area contributed by atoms with Crippen molar-refractivity contribution in [3.63, 3.8) is 0 Å². The van der Waals surface area contributed by atoms with Crippen LogP contribution in [0.15, 0.2) is 30.3 Å². The van der Waals surface area contributed by atoms with Gasteiger partial charge in [-0.05, 0) is 19.4 Å². The molecule has 2 rings (SSSR count). The number of amides is 2. The van der Waals surface area contributed by atoms with Crippen LogP contribution in [-0.4, -0.2) is 26.8 Å². The number of benzene rings is 1. The highest BCUT2D eigenvalue weighted by Crippen LogP contribution is 2.11. The number of hydrogen-bond acceptors (Lipinski definition) is 4. The summed E-state index contributed by atoms with van der Waals surface area (Å²) in [6.07, 6.45) is 0. The van der Waals surface area contributed by atoms with E-state index < -0.39 is 5.91 Å². The largest absolute Gasteiger partial charge is 0.364 e. The highest BCUT2D eigenvalue weighted by Gasteiger charge is 2.16. The Morgan fingerprint density at radius 2 is 2.00 bits per heavy atom. The Kier molecular flexibility index (Phi) is 4.32. The van der Waals surface area contributed by atoms with E-state index in [0.717, 1.165) is 5.56 Å². The number of nitrogens with two attached hydrogens (primary N) is 1. The van der Waals surface area contributed by atoms with E-state index >= 15 is 0 Å². The summed E-state index contributed by atoms with van der Waals surface area (Å²) >= 11 is 0. The normalized spacial score (nSPS) is 11.9.